The third-order valence-corrected chi connectivity index (χ3v) is 3.57. The molecule has 14 heavy (non-hydrogen) atoms. The van der Waals surface area contributed by atoms with Gasteiger partial charge in [-0.2, -0.15) is 0 Å². The number of ether oxygens (including phenoxy) is 1. The topological polar surface area (TPSA) is 48.1 Å². The van der Waals surface area contributed by atoms with Crippen molar-refractivity contribution in [1.29, 1.82) is 0 Å². The van der Waals surface area contributed by atoms with E-state index in [1.807, 2.05) is 0 Å². The predicted octanol–water partition coefficient (Wildman–Crippen LogP) is 2.35. The Morgan fingerprint density at radius 2 is 2.36 bits per heavy atom. The maximum atomic E-state index is 5.94. The molecule has 1 unspecified atom stereocenters. The average Bonchev–Trinajstić information content (AvgIpc) is 2.91. The standard InChI is InChI=1S/C10H16N2OS/c1-6(5-13-2)8-9(11)14-10(12-8)7-3-4-7/h6-7H,3-5,11H2,1-2H3. The van der Waals surface area contributed by atoms with E-state index in [1.54, 1.807) is 18.4 Å². The molecule has 0 bridgehead atoms. The van der Waals surface area contributed by atoms with Crippen molar-refractivity contribution in [2.24, 2.45) is 0 Å². The van der Waals surface area contributed by atoms with Crippen molar-refractivity contribution < 1.29 is 4.74 Å². The highest BCUT2D eigenvalue weighted by molar-refractivity contribution is 7.15. The molecule has 0 aliphatic heterocycles. The van der Waals surface area contributed by atoms with Crippen LogP contribution in [0.2, 0.25) is 0 Å². The number of thiazole rings is 1. The molecule has 0 saturated heterocycles. The lowest BCUT2D eigenvalue weighted by Gasteiger charge is -2.07. The monoisotopic (exact) mass is 212 g/mol. The fourth-order valence-electron chi connectivity index (χ4n) is 1.55. The number of hydrogen-bond acceptors (Lipinski definition) is 4. The van der Waals surface area contributed by atoms with Gasteiger partial charge in [-0.25, -0.2) is 4.98 Å². The Labute approximate surface area is 88.3 Å². The van der Waals surface area contributed by atoms with E-state index >= 15 is 0 Å². The van der Waals surface area contributed by atoms with Gasteiger partial charge in [-0.1, -0.05) is 6.92 Å². The van der Waals surface area contributed by atoms with Crippen LogP contribution in [0.4, 0.5) is 5.00 Å². The lowest BCUT2D eigenvalue weighted by Crippen LogP contribution is -2.04. The SMILES string of the molecule is COCC(C)c1nc(C2CC2)sc1N. The molecule has 3 nitrogen and oxygen atoms in total. The Kier molecular flexibility index (Phi) is 2.74. The van der Waals surface area contributed by atoms with Gasteiger partial charge in [-0.05, 0) is 12.8 Å². The van der Waals surface area contributed by atoms with Crippen molar-refractivity contribution in [2.45, 2.75) is 31.6 Å². The molecule has 78 valence electrons. The molecule has 0 radical (unpaired) electrons. The molecule has 0 spiro atoms. The van der Waals surface area contributed by atoms with Crippen molar-refractivity contribution in [3.63, 3.8) is 0 Å². The van der Waals surface area contributed by atoms with Gasteiger partial charge < -0.3 is 10.5 Å². The van der Waals surface area contributed by atoms with Crippen LogP contribution in [-0.2, 0) is 4.74 Å². The van der Waals surface area contributed by atoms with Gasteiger partial charge in [0.25, 0.3) is 0 Å². The summed E-state index contributed by atoms with van der Waals surface area (Å²) in [7, 11) is 1.71. The predicted molar refractivity (Wildman–Crippen MR) is 58.8 cm³/mol. The lowest BCUT2D eigenvalue weighted by molar-refractivity contribution is 0.183. The van der Waals surface area contributed by atoms with Gasteiger partial charge in [0.2, 0.25) is 0 Å². The fourth-order valence-corrected chi connectivity index (χ4v) is 2.67. The van der Waals surface area contributed by atoms with Crippen molar-refractivity contribution in [3.05, 3.63) is 10.7 Å². The summed E-state index contributed by atoms with van der Waals surface area (Å²) in [4.78, 5) is 4.60. The van der Waals surface area contributed by atoms with Crippen LogP contribution in [0.25, 0.3) is 0 Å². The zero-order valence-corrected chi connectivity index (χ0v) is 9.43. The van der Waals surface area contributed by atoms with E-state index < -0.39 is 0 Å². The molecule has 1 fully saturated rings. The van der Waals surface area contributed by atoms with E-state index in [0.29, 0.717) is 18.4 Å². The van der Waals surface area contributed by atoms with Crippen molar-refractivity contribution in [2.75, 3.05) is 19.5 Å². The van der Waals surface area contributed by atoms with Gasteiger partial charge in [0.05, 0.1) is 17.3 Å². The first-order chi connectivity index (χ1) is 6.72. The van der Waals surface area contributed by atoms with Gasteiger partial charge in [0, 0.05) is 18.9 Å². The summed E-state index contributed by atoms with van der Waals surface area (Å²) >= 11 is 1.65. The lowest BCUT2D eigenvalue weighted by atomic mass is 10.1. The largest absolute Gasteiger partial charge is 0.389 e. The van der Waals surface area contributed by atoms with Crippen molar-refractivity contribution >= 4 is 16.3 Å². The summed E-state index contributed by atoms with van der Waals surface area (Å²) in [6.45, 7) is 2.80. The van der Waals surface area contributed by atoms with Crippen molar-refractivity contribution in [3.8, 4) is 0 Å². The van der Waals surface area contributed by atoms with Gasteiger partial charge in [-0.3, -0.25) is 0 Å². The minimum atomic E-state index is 0.309. The van der Waals surface area contributed by atoms with Gasteiger partial charge in [0.1, 0.15) is 5.00 Å². The maximum absolute atomic E-state index is 5.94. The van der Waals surface area contributed by atoms with Crippen LogP contribution in [0.3, 0.4) is 0 Å². The summed E-state index contributed by atoms with van der Waals surface area (Å²) in [6, 6.07) is 0. The Morgan fingerprint density at radius 1 is 1.64 bits per heavy atom. The normalized spacial score (nSPS) is 18.4. The van der Waals surface area contributed by atoms with Gasteiger partial charge in [0.15, 0.2) is 0 Å². The first-order valence-corrected chi connectivity index (χ1v) is 5.79. The molecule has 1 aliphatic rings. The number of rotatable bonds is 4. The Balaban J connectivity index is 2.15. The molecule has 1 heterocycles. The molecule has 1 aliphatic carbocycles. The number of nitrogens with two attached hydrogens (primary N) is 1. The second kappa shape index (κ2) is 3.87. The highest BCUT2D eigenvalue weighted by Gasteiger charge is 2.28. The second-order valence-corrected chi connectivity index (χ2v) is 4.99. The Morgan fingerprint density at radius 3 is 2.93 bits per heavy atom. The number of nitrogen functional groups attached to an aromatic ring is 1. The minimum absolute atomic E-state index is 0.309. The molecule has 0 amide bonds. The smallest absolute Gasteiger partial charge is 0.110 e. The molecular formula is C10H16N2OS. The molecule has 2 rings (SSSR count). The van der Waals surface area contributed by atoms with Crippen LogP contribution in [0, 0.1) is 0 Å². The number of methoxy groups -OCH3 is 1. The van der Waals surface area contributed by atoms with Crippen LogP contribution < -0.4 is 5.73 Å². The fraction of sp³-hybridized carbons (Fsp3) is 0.700. The zero-order chi connectivity index (χ0) is 10.1. The van der Waals surface area contributed by atoms with Gasteiger partial charge >= 0.3 is 0 Å². The molecule has 1 aromatic heterocycles. The van der Waals surface area contributed by atoms with Crippen LogP contribution in [0.15, 0.2) is 0 Å². The second-order valence-electron chi connectivity index (χ2n) is 3.93. The number of anilines is 1. The average molecular weight is 212 g/mol. The van der Waals surface area contributed by atoms with Crippen LogP contribution in [-0.4, -0.2) is 18.7 Å². The van der Waals surface area contributed by atoms with E-state index in [2.05, 4.69) is 11.9 Å². The molecule has 1 saturated carbocycles. The number of nitrogens with zero attached hydrogens (tertiary/aromatic N) is 1. The molecule has 1 aromatic rings. The third kappa shape index (κ3) is 1.91. The molecule has 2 N–H and O–H groups in total. The highest BCUT2D eigenvalue weighted by Crippen LogP contribution is 2.44. The quantitative estimate of drug-likeness (QED) is 0.833. The summed E-state index contributed by atoms with van der Waals surface area (Å²) in [5, 5.41) is 2.09. The maximum Gasteiger partial charge on any atom is 0.110 e. The van der Waals surface area contributed by atoms with E-state index in [1.165, 1.54) is 17.8 Å². The number of aromatic nitrogens is 1. The zero-order valence-electron chi connectivity index (χ0n) is 8.62. The van der Waals surface area contributed by atoms with Gasteiger partial charge in [-0.15, -0.1) is 11.3 Å². The van der Waals surface area contributed by atoms with E-state index in [4.69, 9.17) is 10.5 Å². The van der Waals surface area contributed by atoms with E-state index in [9.17, 15) is 0 Å². The van der Waals surface area contributed by atoms with Crippen LogP contribution >= 0.6 is 11.3 Å². The summed E-state index contributed by atoms with van der Waals surface area (Å²) < 4.78 is 5.11. The van der Waals surface area contributed by atoms with E-state index in [0.717, 1.165) is 10.7 Å². The first kappa shape index (κ1) is 9.93. The minimum Gasteiger partial charge on any atom is -0.389 e. The molecule has 1 atom stereocenters. The third-order valence-electron chi connectivity index (χ3n) is 2.51. The van der Waals surface area contributed by atoms with Crippen LogP contribution in [0.5, 0.6) is 0 Å². The summed E-state index contributed by atoms with van der Waals surface area (Å²) in [5.41, 5.74) is 6.97. The first-order valence-electron chi connectivity index (χ1n) is 4.97. The van der Waals surface area contributed by atoms with E-state index in [-0.39, 0.29) is 0 Å². The summed E-state index contributed by atoms with van der Waals surface area (Å²) in [5.74, 6) is 1.01. The van der Waals surface area contributed by atoms with Crippen molar-refractivity contribution in [1.82, 2.24) is 4.98 Å². The molecular weight excluding hydrogens is 196 g/mol. The Bertz CT molecular complexity index is 320. The molecule has 0 aromatic carbocycles. The number of hydrogen-bond donors (Lipinski definition) is 1. The molecule has 4 heteroatoms. The highest BCUT2D eigenvalue weighted by atomic mass is 32.1. The van der Waals surface area contributed by atoms with Crippen LogP contribution in [0.1, 0.15) is 42.3 Å². The summed E-state index contributed by atoms with van der Waals surface area (Å²) in [6.07, 6.45) is 2.57. The Hall–Kier alpha value is -0.610.